The predicted octanol–water partition coefficient (Wildman–Crippen LogP) is 5.96. The minimum absolute atomic E-state index is 0.0494. The Morgan fingerprint density at radius 1 is 1.02 bits per heavy atom. The zero-order valence-electron chi connectivity index (χ0n) is 23.5. The lowest BCUT2D eigenvalue weighted by molar-refractivity contribution is -0.133. The van der Waals surface area contributed by atoms with E-state index in [1.807, 2.05) is 60.4 Å². The molecule has 1 amide bonds. The summed E-state index contributed by atoms with van der Waals surface area (Å²) in [4.78, 5) is 15.6. The maximum Gasteiger partial charge on any atom is 0.223 e. The van der Waals surface area contributed by atoms with Gasteiger partial charge in [0.15, 0.2) is 11.5 Å². The third-order valence-electron chi connectivity index (χ3n) is 7.53. The van der Waals surface area contributed by atoms with Crippen LogP contribution in [0.4, 0.5) is 5.69 Å². The van der Waals surface area contributed by atoms with Crippen LogP contribution in [0.3, 0.4) is 0 Å². The lowest BCUT2D eigenvalue weighted by Crippen LogP contribution is -2.41. The number of halogens is 1. The van der Waals surface area contributed by atoms with Gasteiger partial charge in [0, 0.05) is 36.9 Å². The van der Waals surface area contributed by atoms with Gasteiger partial charge in [-0.1, -0.05) is 28.9 Å². The molecule has 1 unspecified atom stereocenters. The first kappa shape index (κ1) is 28.4. The second-order valence-electron chi connectivity index (χ2n) is 10.1. The number of fused-ring (bicyclic) bond motifs is 1. The number of hydrogen-bond donors (Lipinski definition) is 1. The van der Waals surface area contributed by atoms with Crippen LogP contribution in [0.1, 0.15) is 46.0 Å². The van der Waals surface area contributed by atoms with Crippen molar-refractivity contribution in [2.75, 3.05) is 33.1 Å². The molecule has 2 heterocycles. The van der Waals surface area contributed by atoms with E-state index < -0.39 is 0 Å². The van der Waals surface area contributed by atoms with Gasteiger partial charge < -0.3 is 29.4 Å². The van der Waals surface area contributed by atoms with E-state index >= 15 is 0 Å². The lowest BCUT2D eigenvalue weighted by Gasteiger charge is -2.39. The third kappa shape index (κ3) is 6.28. The lowest BCUT2D eigenvalue weighted by atomic mass is 9.85. The molecule has 8 nitrogen and oxygen atoms in total. The van der Waals surface area contributed by atoms with Gasteiger partial charge in [0.05, 0.1) is 38.2 Å². The molecule has 3 aromatic carbocycles. The van der Waals surface area contributed by atoms with Gasteiger partial charge >= 0.3 is 0 Å². The van der Waals surface area contributed by atoms with Crippen LogP contribution in [-0.4, -0.2) is 43.3 Å². The van der Waals surface area contributed by atoms with Crippen LogP contribution in [0.25, 0.3) is 0 Å². The average molecular weight is 576 g/mol. The molecule has 1 atom stereocenters. The molecule has 2 N–H and O–H groups in total. The molecule has 5 rings (SSSR count). The number of rotatable bonds is 10. The minimum Gasteiger partial charge on any atom is -0.495 e. The van der Waals surface area contributed by atoms with Crippen LogP contribution in [-0.2, 0) is 24.1 Å². The summed E-state index contributed by atoms with van der Waals surface area (Å²) in [5.41, 5.74) is 12.6. The monoisotopic (exact) mass is 575 g/mol. The summed E-state index contributed by atoms with van der Waals surface area (Å²) < 4.78 is 22.2. The summed E-state index contributed by atoms with van der Waals surface area (Å²) in [5, 5.41) is 4.62. The smallest absolute Gasteiger partial charge is 0.223 e. The molecule has 1 aliphatic rings. The van der Waals surface area contributed by atoms with E-state index in [-0.39, 0.29) is 11.9 Å². The van der Waals surface area contributed by atoms with Crippen LogP contribution in [0.5, 0.6) is 17.2 Å². The van der Waals surface area contributed by atoms with Crippen molar-refractivity contribution >= 4 is 23.2 Å². The number of aryl methyl sites for hydroxylation is 2. The van der Waals surface area contributed by atoms with Crippen LogP contribution in [0, 0.1) is 6.92 Å². The molecule has 9 heteroatoms. The van der Waals surface area contributed by atoms with Gasteiger partial charge in [0.2, 0.25) is 5.91 Å². The zero-order chi connectivity index (χ0) is 28.9. The van der Waals surface area contributed by atoms with Crippen molar-refractivity contribution < 1.29 is 23.5 Å². The van der Waals surface area contributed by atoms with E-state index in [2.05, 4.69) is 5.16 Å². The zero-order valence-corrected chi connectivity index (χ0v) is 24.2. The largest absolute Gasteiger partial charge is 0.495 e. The fourth-order valence-electron chi connectivity index (χ4n) is 5.41. The maximum absolute atomic E-state index is 13.6. The van der Waals surface area contributed by atoms with Gasteiger partial charge in [-0.2, -0.15) is 0 Å². The molecule has 1 aliphatic heterocycles. The second kappa shape index (κ2) is 12.6. The number of amides is 1. The SMILES string of the molecule is COc1ccc(CCOc2cc3c(cc2OC)CCN(C(=O)CCc2ccon2)C3c2ccc(Cl)cc2C)cc1N. The van der Waals surface area contributed by atoms with Crippen molar-refractivity contribution in [3.8, 4) is 17.2 Å². The normalized spacial score (nSPS) is 14.4. The van der Waals surface area contributed by atoms with Crippen LogP contribution in [0.15, 0.2) is 65.4 Å². The molecule has 1 aromatic heterocycles. The minimum atomic E-state index is -0.296. The highest BCUT2D eigenvalue weighted by Gasteiger charge is 2.34. The molecule has 0 bridgehead atoms. The first-order valence-electron chi connectivity index (χ1n) is 13.6. The third-order valence-corrected chi connectivity index (χ3v) is 7.76. The molecule has 0 spiro atoms. The highest BCUT2D eigenvalue weighted by atomic mass is 35.5. The molecule has 0 saturated carbocycles. The van der Waals surface area contributed by atoms with E-state index in [0.717, 1.165) is 33.5 Å². The van der Waals surface area contributed by atoms with Crippen molar-refractivity contribution in [2.24, 2.45) is 0 Å². The summed E-state index contributed by atoms with van der Waals surface area (Å²) >= 11 is 6.31. The van der Waals surface area contributed by atoms with Crippen molar-refractivity contribution in [1.82, 2.24) is 10.1 Å². The molecule has 0 fully saturated rings. The van der Waals surface area contributed by atoms with E-state index in [0.29, 0.717) is 66.8 Å². The molecule has 0 radical (unpaired) electrons. The first-order valence-corrected chi connectivity index (χ1v) is 14.0. The van der Waals surface area contributed by atoms with Gasteiger partial charge in [0.25, 0.3) is 0 Å². The molecule has 0 saturated heterocycles. The Hall–Kier alpha value is -4.17. The summed E-state index contributed by atoms with van der Waals surface area (Å²) in [7, 11) is 3.24. The molecular weight excluding hydrogens is 542 g/mol. The number of nitrogens with zero attached hydrogens (tertiary/aromatic N) is 2. The summed E-state index contributed by atoms with van der Waals surface area (Å²) in [6.07, 6.45) is 3.72. The van der Waals surface area contributed by atoms with Gasteiger partial charge in [-0.05, 0) is 77.6 Å². The Morgan fingerprint density at radius 3 is 2.56 bits per heavy atom. The van der Waals surface area contributed by atoms with Gasteiger partial charge in [0.1, 0.15) is 12.0 Å². The number of methoxy groups -OCH3 is 2. The standard InChI is InChI=1S/C32H34ClN3O5/c1-20-16-23(33)5-7-25(20)32-26-19-30(40-14-11-21-4-8-28(38-2)27(34)17-21)29(39-3)18-22(26)10-13-36(32)31(37)9-6-24-12-15-41-35-24/h4-5,7-8,12,15-19,32H,6,9-11,13-14,34H2,1-3H3. The summed E-state index contributed by atoms with van der Waals surface area (Å²) in [6, 6.07) is 17.1. The first-order chi connectivity index (χ1) is 19.9. The number of carbonyl (C=O) groups excluding carboxylic acids is 1. The molecule has 41 heavy (non-hydrogen) atoms. The number of ether oxygens (including phenoxy) is 3. The number of nitrogen functional groups attached to an aromatic ring is 1. The highest BCUT2D eigenvalue weighted by molar-refractivity contribution is 6.30. The fraction of sp³-hybridized carbons (Fsp3) is 0.312. The molecule has 4 aromatic rings. The van der Waals surface area contributed by atoms with Crippen LogP contribution >= 0.6 is 11.6 Å². The van der Waals surface area contributed by atoms with Crippen LogP contribution in [0.2, 0.25) is 5.02 Å². The quantitative estimate of drug-likeness (QED) is 0.233. The molecule has 214 valence electrons. The van der Waals surface area contributed by atoms with Crippen LogP contribution < -0.4 is 19.9 Å². The molecule has 0 aliphatic carbocycles. The van der Waals surface area contributed by atoms with E-state index in [1.165, 1.54) is 6.26 Å². The number of nitrogens with two attached hydrogens (primary N) is 1. The van der Waals surface area contributed by atoms with Gasteiger partial charge in [-0.25, -0.2) is 0 Å². The Kier molecular flexibility index (Phi) is 8.69. The number of hydrogen-bond acceptors (Lipinski definition) is 7. The van der Waals surface area contributed by atoms with Crippen molar-refractivity contribution in [2.45, 2.75) is 38.6 Å². The van der Waals surface area contributed by atoms with Gasteiger partial charge in [-0.15, -0.1) is 0 Å². The van der Waals surface area contributed by atoms with E-state index in [1.54, 1.807) is 20.3 Å². The topological polar surface area (TPSA) is 100 Å². The Bertz CT molecular complexity index is 1520. The highest BCUT2D eigenvalue weighted by Crippen LogP contribution is 2.42. The van der Waals surface area contributed by atoms with Gasteiger partial charge in [-0.3, -0.25) is 4.79 Å². The number of carbonyl (C=O) groups is 1. The van der Waals surface area contributed by atoms with Crippen molar-refractivity contribution in [3.05, 3.63) is 99.4 Å². The van der Waals surface area contributed by atoms with Crippen molar-refractivity contribution in [3.63, 3.8) is 0 Å². The molecular formula is C32H34ClN3O5. The Labute approximate surface area is 244 Å². The van der Waals surface area contributed by atoms with E-state index in [4.69, 9.17) is 36.1 Å². The van der Waals surface area contributed by atoms with Crippen molar-refractivity contribution in [1.29, 1.82) is 0 Å². The summed E-state index contributed by atoms with van der Waals surface area (Å²) in [6.45, 7) is 3.03. The second-order valence-corrected chi connectivity index (χ2v) is 10.5. The number of aromatic nitrogens is 1. The average Bonchev–Trinajstić information content (AvgIpc) is 3.49. The Balaban J connectivity index is 1.44. The predicted molar refractivity (Wildman–Crippen MR) is 158 cm³/mol. The summed E-state index contributed by atoms with van der Waals surface area (Å²) in [5.74, 6) is 1.99. The maximum atomic E-state index is 13.6. The fourth-order valence-corrected chi connectivity index (χ4v) is 5.64. The number of anilines is 1. The Morgan fingerprint density at radius 2 is 1.85 bits per heavy atom. The number of benzene rings is 3. The van der Waals surface area contributed by atoms with E-state index in [9.17, 15) is 4.79 Å².